The van der Waals surface area contributed by atoms with E-state index in [1.165, 1.54) is 37.9 Å². The van der Waals surface area contributed by atoms with Crippen LogP contribution in [0.3, 0.4) is 0 Å². The molecule has 0 saturated carbocycles. The summed E-state index contributed by atoms with van der Waals surface area (Å²) in [4.78, 5) is 2.48. The van der Waals surface area contributed by atoms with Crippen LogP contribution in [0.4, 0.5) is 23.0 Å². The minimum atomic E-state index is 0.255. The maximum atomic E-state index is 5.70. The van der Waals surface area contributed by atoms with Crippen molar-refractivity contribution in [3.63, 3.8) is 0 Å². The molecule has 0 radical (unpaired) electrons. The third kappa shape index (κ3) is 3.43. The van der Waals surface area contributed by atoms with Crippen LogP contribution in [0.15, 0.2) is 34.5 Å². The minimum absolute atomic E-state index is 0.255. The van der Waals surface area contributed by atoms with Crippen molar-refractivity contribution in [1.82, 2.24) is 15.1 Å². The van der Waals surface area contributed by atoms with E-state index in [-0.39, 0.29) is 5.82 Å². The van der Waals surface area contributed by atoms with E-state index in [0.717, 1.165) is 12.2 Å². The summed E-state index contributed by atoms with van der Waals surface area (Å²) in [6.07, 6.45) is 3.93. The van der Waals surface area contributed by atoms with Gasteiger partial charge in [-0.3, -0.25) is 10.00 Å². The number of hydrogen-bond acceptors (Lipinski definition) is 6. The third-order valence-electron chi connectivity index (χ3n) is 3.83. The molecule has 0 unspecified atom stereocenters. The number of aromatic nitrogens is 2. The first kappa shape index (κ1) is 14.5. The second-order valence-corrected chi connectivity index (χ2v) is 5.58. The first-order chi connectivity index (χ1) is 10.7. The van der Waals surface area contributed by atoms with Gasteiger partial charge >= 0.3 is 0 Å². The molecule has 1 saturated heterocycles. The van der Waals surface area contributed by atoms with Gasteiger partial charge in [0.25, 0.3) is 0 Å². The Bertz CT molecular complexity index is 636. The number of rotatable bonds is 4. The van der Waals surface area contributed by atoms with Crippen molar-refractivity contribution in [1.29, 1.82) is 0 Å². The van der Waals surface area contributed by atoms with Gasteiger partial charge in [0, 0.05) is 6.54 Å². The summed E-state index contributed by atoms with van der Waals surface area (Å²) in [6.45, 7) is 3.31. The normalized spacial score (nSPS) is 16.4. The van der Waals surface area contributed by atoms with Gasteiger partial charge in [-0.1, -0.05) is 18.6 Å². The Labute approximate surface area is 129 Å². The number of likely N-dealkylation sites (tertiary alicyclic amines) is 1. The minimum Gasteiger partial charge on any atom is -0.382 e. The molecule has 1 aromatic heterocycles. The van der Waals surface area contributed by atoms with Gasteiger partial charge in [0.2, 0.25) is 0 Å². The topological polar surface area (TPSA) is 109 Å². The van der Waals surface area contributed by atoms with E-state index in [9.17, 15) is 0 Å². The summed E-state index contributed by atoms with van der Waals surface area (Å²) in [5.74, 6) is 0.580. The van der Waals surface area contributed by atoms with Crippen molar-refractivity contribution in [2.75, 3.05) is 24.6 Å². The summed E-state index contributed by atoms with van der Waals surface area (Å²) in [5, 5.41) is 14.7. The molecule has 5 N–H and O–H groups in total. The molecule has 2 heterocycles. The monoisotopic (exact) mass is 299 g/mol. The summed E-state index contributed by atoms with van der Waals surface area (Å²) < 4.78 is 0. The zero-order chi connectivity index (χ0) is 15.4. The van der Waals surface area contributed by atoms with Crippen LogP contribution in [-0.2, 0) is 6.54 Å². The molecule has 116 valence electrons. The number of benzene rings is 1. The number of nitrogens with two attached hydrogens (primary N) is 2. The highest BCUT2D eigenvalue weighted by Gasteiger charge is 2.10. The molecule has 0 amide bonds. The van der Waals surface area contributed by atoms with Crippen molar-refractivity contribution in [3.8, 4) is 0 Å². The Kier molecular flexibility index (Phi) is 4.34. The summed E-state index contributed by atoms with van der Waals surface area (Å²) in [7, 11) is 0. The van der Waals surface area contributed by atoms with Crippen LogP contribution in [0.5, 0.6) is 0 Å². The van der Waals surface area contributed by atoms with Crippen LogP contribution in [0.2, 0.25) is 0 Å². The molecule has 1 aliphatic heterocycles. The van der Waals surface area contributed by atoms with E-state index in [0.29, 0.717) is 11.5 Å². The number of anilines is 2. The van der Waals surface area contributed by atoms with Crippen LogP contribution in [0.25, 0.3) is 0 Å². The van der Waals surface area contributed by atoms with Gasteiger partial charge in [-0.25, -0.2) is 0 Å². The van der Waals surface area contributed by atoms with Gasteiger partial charge in [0.05, 0.1) is 5.69 Å². The number of nitrogens with zero attached hydrogens (tertiary/aromatic N) is 4. The highest BCUT2D eigenvalue weighted by molar-refractivity contribution is 5.70. The predicted molar refractivity (Wildman–Crippen MR) is 87.2 cm³/mol. The zero-order valence-corrected chi connectivity index (χ0v) is 12.5. The van der Waals surface area contributed by atoms with Gasteiger partial charge in [0.1, 0.15) is 5.82 Å². The molecule has 0 bridgehead atoms. The van der Waals surface area contributed by atoms with Crippen LogP contribution < -0.4 is 11.5 Å². The van der Waals surface area contributed by atoms with Crippen molar-refractivity contribution < 1.29 is 0 Å². The Morgan fingerprint density at radius 2 is 1.95 bits per heavy atom. The molecule has 1 aliphatic rings. The fourth-order valence-electron chi connectivity index (χ4n) is 2.67. The fraction of sp³-hybridized carbons (Fsp3) is 0.400. The summed E-state index contributed by atoms with van der Waals surface area (Å²) in [6, 6.07) is 8.07. The summed E-state index contributed by atoms with van der Waals surface area (Å²) >= 11 is 0. The molecule has 1 aromatic carbocycles. The lowest BCUT2D eigenvalue weighted by Crippen LogP contribution is -2.28. The van der Waals surface area contributed by atoms with Crippen molar-refractivity contribution in [2.24, 2.45) is 10.2 Å². The summed E-state index contributed by atoms with van der Waals surface area (Å²) in [5.41, 5.74) is 13.8. The number of hydrogen-bond donors (Lipinski definition) is 3. The van der Waals surface area contributed by atoms with E-state index >= 15 is 0 Å². The third-order valence-corrected chi connectivity index (χ3v) is 3.83. The molecule has 7 nitrogen and oxygen atoms in total. The van der Waals surface area contributed by atoms with Crippen molar-refractivity contribution in [2.45, 2.75) is 25.8 Å². The van der Waals surface area contributed by atoms with E-state index in [1.807, 2.05) is 18.2 Å². The Morgan fingerprint density at radius 3 is 2.68 bits per heavy atom. The van der Waals surface area contributed by atoms with Crippen molar-refractivity contribution >= 4 is 23.0 Å². The maximum absolute atomic E-state index is 5.70. The Morgan fingerprint density at radius 1 is 1.14 bits per heavy atom. The van der Waals surface area contributed by atoms with Gasteiger partial charge in [-0.15, -0.1) is 5.11 Å². The smallest absolute Gasteiger partial charge is 0.175 e. The Balaban J connectivity index is 1.71. The lowest BCUT2D eigenvalue weighted by molar-refractivity contribution is 0.221. The highest BCUT2D eigenvalue weighted by atomic mass is 15.2. The largest absolute Gasteiger partial charge is 0.382 e. The van der Waals surface area contributed by atoms with Crippen LogP contribution in [0, 0.1) is 0 Å². The maximum Gasteiger partial charge on any atom is 0.175 e. The lowest BCUT2D eigenvalue weighted by atomic mass is 10.1. The molecule has 0 aliphatic carbocycles. The van der Waals surface area contributed by atoms with E-state index in [2.05, 4.69) is 31.4 Å². The predicted octanol–water partition coefficient (Wildman–Crippen LogP) is 2.98. The van der Waals surface area contributed by atoms with Gasteiger partial charge in [0.15, 0.2) is 11.5 Å². The molecule has 22 heavy (non-hydrogen) atoms. The fourth-order valence-corrected chi connectivity index (χ4v) is 2.67. The Hall–Kier alpha value is -2.41. The van der Waals surface area contributed by atoms with Crippen LogP contribution in [0.1, 0.15) is 24.8 Å². The van der Waals surface area contributed by atoms with Gasteiger partial charge in [-0.05, 0) is 43.6 Å². The SMILES string of the molecule is Nc1n[nH]c(N)c1N=Nc1cccc(CN2CCCCC2)c1. The molecule has 7 heteroatoms. The molecule has 3 rings (SSSR count). The van der Waals surface area contributed by atoms with Gasteiger partial charge < -0.3 is 11.5 Å². The molecular weight excluding hydrogens is 278 g/mol. The number of nitrogens with one attached hydrogen (secondary N) is 1. The van der Waals surface area contributed by atoms with E-state index in [1.54, 1.807) is 0 Å². The second-order valence-electron chi connectivity index (χ2n) is 5.58. The first-order valence-corrected chi connectivity index (χ1v) is 7.55. The van der Waals surface area contributed by atoms with Crippen molar-refractivity contribution in [3.05, 3.63) is 29.8 Å². The average molecular weight is 299 g/mol. The van der Waals surface area contributed by atoms with E-state index < -0.39 is 0 Å². The molecular formula is C15H21N7. The van der Waals surface area contributed by atoms with E-state index in [4.69, 9.17) is 11.5 Å². The first-order valence-electron chi connectivity index (χ1n) is 7.55. The number of aromatic amines is 1. The van der Waals surface area contributed by atoms with Gasteiger partial charge in [-0.2, -0.15) is 10.2 Å². The number of nitrogen functional groups attached to an aromatic ring is 2. The van der Waals surface area contributed by atoms with Crippen LogP contribution in [-0.4, -0.2) is 28.2 Å². The molecule has 1 fully saturated rings. The lowest BCUT2D eigenvalue weighted by Gasteiger charge is -2.26. The average Bonchev–Trinajstić information content (AvgIpc) is 2.85. The quantitative estimate of drug-likeness (QED) is 0.754. The molecule has 2 aromatic rings. The standard InChI is InChI=1S/C15H21N7/c16-14-13(15(17)21-20-14)19-18-12-6-4-5-11(9-12)10-22-7-2-1-3-8-22/h4-6,9H,1-3,7-8,10H2,(H5,16,17,20,21). The zero-order valence-electron chi connectivity index (χ0n) is 12.5. The number of piperidine rings is 1. The molecule has 0 spiro atoms. The van der Waals surface area contributed by atoms with Crippen LogP contribution >= 0.6 is 0 Å². The molecule has 0 atom stereocenters. The number of H-pyrrole nitrogens is 1. The second kappa shape index (κ2) is 6.57. The highest BCUT2D eigenvalue weighted by Crippen LogP contribution is 2.28. The number of azo groups is 1.